The molecule has 0 heterocycles. The highest BCUT2D eigenvalue weighted by atomic mass is 16.2. The fourth-order valence-corrected chi connectivity index (χ4v) is 3.34. The molecule has 1 N–H and O–H groups in total. The minimum atomic E-state index is 0.200. The first-order valence-corrected chi connectivity index (χ1v) is 7.71. The Hall–Kier alpha value is -1.57. The zero-order chi connectivity index (χ0) is 14.1. The summed E-state index contributed by atoms with van der Waals surface area (Å²) in [6, 6.07) is 6.13. The van der Waals surface area contributed by atoms with E-state index in [-0.39, 0.29) is 11.8 Å². The van der Waals surface area contributed by atoms with Crippen molar-refractivity contribution < 1.29 is 4.79 Å². The van der Waals surface area contributed by atoms with Gasteiger partial charge in [0.2, 0.25) is 5.91 Å². The second-order valence-electron chi connectivity index (χ2n) is 6.27. The van der Waals surface area contributed by atoms with Crippen LogP contribution in [-0.2, 0) is 4.79 Å². The molecule has 0 spiro atoms. The lowest BCUT2D eigenvalue weighted by atomic mass is 10.1. The van der Waals surface area contributed by atoms with Crippen molar-refractivity contribution in [1.82, 2.24) is 0 Å². The van der Waals surface area contributed by atoms with Crippen LogP contribution in [-0.4, -0.2) is 5.91 Å². The first-order chi connectivity index (χ1) is 9.66. The summed E-state index contributed by atoms with van der Waals surface area (Å²) < 4.78 is 0. The van der Waals surface area contributed by atoms with Crippen LogP contribution in [0.4, 0.5) is 5.69 Å². The van der Waals surface area contributed by atoms with Gasteiger partial charge in [0.05, 0.1) is 0 Å². The maximum absolute atomic E-state index is 12.4. The highest BCUT2D eigenvalue weighted by Crippen LogP contribution is 2.51. The van der Waals surface area contributed by atoms with Crippen LogP contribution in [0.25, 0.3) is 0 Å². The van der Waals surface area contributed by atoms with Crippen molar-refractivity contribution in [1.29, 1.82) is 0 Å². The molecule has 0 aromatic heterocycles. The molecule has 0 unspecified atom stereocenters. The minimum Gasteiger partial charge on any atom is -0.326 e. The summed E-state index contributed by atoms with van der Waals surface area (Å²) >= 11 is 0. The molecule has 2 aliphatic rings. The number of benzene rings is 1. The molecular formula is C18H23NO. The van der Waals surface area contributed by atoms with Gasteiger partial charge in [0, 0.05) is 11.6 Å². The van der Waals surface area contributed by atoms with Gasteiger partial charge in [0.25, 0.3) is 0 Å². The topological polar surface area (TPSA) is 29.1 Å². The van der Waals surface area contributed by atoms with Crippen molar-refractivity contribution in [2.45, 2.75) is 39.5 Å². The van der Waals surface area contributed by atoms with Gasteiger partial charge in [0.1, 0.15) is 0 Å². The number of rotatable bonds is 2. The average molecular weight is 269 g/mol. The summed E-state index contributed by atoms with van der Waals surface area (Å²) in [5, 5.41) is 3.10. The van der Waals surface area contributed by atoms with Gasteiger partial charge in [-0.15, -0.1) is 0 Å². The van der Waals surface area contributed by atoms with Crippen LogP contribution in [0.5, 0.6) is 0 Å². The van der Waals surface area contributed by atoms with Crippen LogP contribution < -0.4 is 5.32 Å². The molecule has 3 atom stereocenters. The predicted octanol–water partition coefficient (Wildman–Crippen LogP) is 4.23. The third kappa shape index (κ3) is 2.65. The summed E-state index contributed by atoms with van der Waals surface area (Å²) in [6.07, 6.45) is 9.45. The van der Waals surface area contributed by atoms with Crippen LogP contribution in [0.3, 0.4) is 0 Å². The zero-order valence-corrected chi connectivity index (χ0v) is 12.4. The van der Waals surface area contributed by atoms with Crippen LogP contribution in [0.1, 0.15) is 36.8 Å². The van der Waals surface area contributed by atoms with E-state index in [9.17, 15) is 4.79 Å². The first kappa shape index (κ1) is 13.4. The third-order valence-electron chi connectivity index (χ3n) is 4.82. The van der Waals surface area contributed by atoms with E-state index in [1.807, 2.05) is 6.07 Å². The van der Waals surface area contributed by atoms with Crippen molar-refractivity contribution in [3.05, 3.63) is 41.5 Å². The molecular weight excluding hydrogens is 246 g/mol. The van der Waals surface area contributed by atoms with E-state index in [1.165, 1.54) is 36.8 Å². The lowest BCUT2D eigenvalue weighted by molar-refractivity contribution is -0.117. The molecule has 1 saturated carbocycles. The fourth-order valence-electron chi connectivity index (χ4n) is 3.34. The second kappa shape index (κ2) is 5.43. The van der Waals surface area contributed by atoms with E-state index in [0.29, 0.717) is 11.8 Å². The molecule has 106 valence electrons. The number of allylic oxidation sites excluding steroid dienone is 2. The number of nitrogens with one attached hydrogen (secondary N) is 1. The predicted molar refractivity (Wildman–Crippen MR) is 82.6 cm³/mol. The number of fused-ring (bicyclic) bond motifs is 1. The average Bonchev–Trinajstić information content (AvgIpc) is 3.05. The number of amides is 1. The monoisotopic (exact) mass is 269 g/mol. The molecule has 2 nitrogen and oxygen atoms in total. The van der Waals surface area contributed by atoms with Crippen molar-refractivity contribution >= 4 is 11.6 Å². The largest absolute Gasteiger partial charge is 0.326 e. The molecule has 2 aliphatic carbocycles. The first-order valence-electron chi connectivity index (χ1n) is 7.71. The molecule has 1 aromatic rings. The Morgan fingerprint density at radius 1 is 1.20 bits per heavy atom. The molecule has 1 aromatic carbocycles. The van der Waals surface area contributed by atoms with Crippen LogP contribution in [0.15, 0.2) is 30.4 Å². The smallest absolute Gasteiger partial charge is 0.228 e. The van der Waals surface area contributed by atoms with Crippen molar-refractivity contribution in [3.63, 3.8) is 0 Å². The molecule has 0 saturated heterocycles. The van der Waals surface area contributed by atoms with Gasteiger partial charge in [-0.1, -0.05) is 24.6 Å². The van der Waals surface area contributed by atoms with E-state index >= 15 is 0 Å². The van der Waals surface area contributed by atoms with Gasteiger partial charge in [-0.25, -0.2) is 0 Å². The van der Waals surface area contributed by atoms with E-state index in [4.69, 9.17) is 0 Å². The molecule has 0 aliphatic heterocycles. The molecule has 2 heteroatoms. The zero-order valence-electron chi connectivity index (χ0n) is 12.4. The number of hydrogen-bond donors (Lipinski definition) is 1. The summed E-state index contributed by atoms with van der Waals surface area (Å²) in [5.41, 5.74) is 3.42. The maximum atomic E-state index is 12.4. The SMILES string of the molecule is Cc1ccc(NC(=O)[C@@H]2[C@H]3C=CCCCC[C@@H]32)cc1C. The molecule has 0 bridgehead atoms. The fraction of sp³-hybridized carbons (Fsp3) is 0.500. The van der Waals surface area contributed by atoms with Gasteiger partial charge in [0.15, 0.2) is 0 Å². The Morgan fingerprint density at radius 2 is 2.05 bits per heavy atom. The number of aryl methyl sites for hydroxylation is 2. The maximum Gasteiger partial charge on any atom is 0.228 e. The molecule has 0 radical (unpaired) electrons. The van der Waals surface area contributed by atoms with Gasteiger partial charge < -0.3 is 5.32 Å². The molecule has 1 amide bonds. The van der Waals surface area contributed by atoms with Gasteiger partial charge in [-0.05, 0) is 68.2 Å². The summed E-state index contributed by atoms with van der Waals surface area (Å²) in [4.78, 5) is 12.4. The normalized spacial score (nSPS) is 28.2. The van der Waals surface area contributed by atoms with Crippen molar-refractivity contribution in [2.24, 2.45) is 17.8 Å². The van der Waals surface area contributed by atoms with Crippen LogP contribution in [0, 0.1) is 31.6 Å². The van der Waals surface area contributed by atoms with E-state index in [1.54, 1.807) is 0 Å². The Balaban J connectivity index is 1.66. The number of carbonyl (C=O) groups excluding carboxylic acids is 1. The Morgan fingerprint density at radius 3 is 2.85 bits per heavy atom. The Bertz CT molecular complexity index is 546. The quantitative estimate of drug-likeness (QED) is 0.800. The standard InChI is InChI=1S/C18H23NO/c1-12-9-10-14(11-13(12)2)19-18(20)17-15-7-5-3-4-6-8-16(15)17/h5,7,9-11,15-17H,3-4,6,8H2,1-2H3,(H,19,20)/t15-,16-,17+/m0/s1. The number of hydrogen-bond acceptors (Lipinski definition) is 1. The van der Waals surface area contributed by atoms with Crippen molar-refractivity contribution in [3.8, 4) is 0 Å². The molecule has 3 rings (SSSR count). The number of carbonyl (C=O) groups is 1. The van der Waals surface area contributed by atoms with Crippen LogP contribution in [0.2, 0.25) is 0 Å². The summed E-state index contributed by atoms with van der Waals surface area (Å²) in [5.74, 6) is 1.47. The van der Waals surface area contributed by atoms with Gasteiger partial charge >= 0.3 is 0 Å². The lowest BCUT2D eigenvalue weighted by Gasteiger charge is -2.07. The van der Waals surface area contributed by atoms with E-state index < -0.39 is 0 Å². The highest BCUT2D eigenvalue weighted by molar-refractivity contribution is 5.95. The Kier molecular flexibility index (Phi) is 3.64. The van der Waals surface area contributed by atoms with Crippen LogP contribution >= 0.6 is 0 Å². The third-order valence-corrected chi connectivity index (χ3v) is 4.82. The van der Waals surface area contributed by atoms with E-state index in [2.05, 4.69) is 43.4 Å². The van der Waals surface area contributed by atoms with Gasteiger partial charge in [-0.2, -0.15) is 0 Å². The lowest BCUT2D eigenvalue weighted by Crippen LogP contribution is -2.15. The van der Waals surface area contributed by atoms with E-state index in [0.717, 1.165) is 5.69 Å². The second-order valence-corrected chi connectivity index (χ2v) is 6.27. The highest BCUT2D eigenvalue weighted by Gasteiger charge is 2.52. The number of anilines is 1. The molecule has 20 heavy (non-hydrogen) atoms. The van der Waals surface area contributed by atoms with Crippen molar-refractivity contribution in [2.75, 3.05) is 5.32 Å². The Labute approximate surface area is 121 Å². The minimum absolute atomic E-state index is 0.200. The summed E-state index contributed by atoms with van der Waals surface area (Å²) in [7, 11) is 0. The van der Waals surface area contributed by atoms with Gasteiger partial charge in [-0.3, -0.25) is 4.79 Å². The molecule has 1 fully saturated rings. The summed E-state index contributed by atoms with van der Waals surface area (Å²) in [6.45, 7) is 4.17.